The van der Waals surface area contributed by atoms with Gasteiger partial charge in [-0.3, -0.25) is 23.4 Å². The lowest BCUT2D eigenvalue weighted by Crippen LogP contribution is -2.43. The number of ether oxygens (including phenoxy) is 1. The Labute approximate surface area is 194 Å². The first kappa shape index (κ1) is 19.4. The first-order chi connectivity index (χ1) is 16.2. The van der Waals surface area contributed by atoms with Crippen molar-refractivity contribution in [3.8, 4) is 18.1 Å². The second-order valence-corrected chi connectivity index (χ2v) is 8.89. The monoisotopic (exact) mass is 507 g/mol. The van der Waals surface area contributed by atoms with Crippen molar-refractivity contribution in [3.05, 3.63) is 55.7 Å². The Morgan fingerprint density at radius 2 is 2.34 bits per heavy atom. The minimum absolute atomic E-state index is 0.0446. The lowest BCUT2D eigenvalue weighted by Gasteiger charge is -2.28. The van der Waals surface area contributed by atoms with Crippen LogP contribution in [0.1, 0.15) is 21.4 Å². The second-order valence-electron chi connectivity index (χ2n) is 6.55. The zero-order chi connectivity index (χ0) is 26.0. The Morgan fingerprint density at radius 1 is 1.59 bits per heavy atom. The van der Waals surface area contributed by atoms with Gasteiger partial charge in [0, 0.05) is 16.8 Å². The summed E-state index contributed by atoms with van der Waals surface area (Å²) in [5.41, 5.74) is -0.877. The number of nitrogens with zero attached hydrogens (tertiary/aromatic N) is 1. The van der Waals surface area contributed by atoms with E-state index < -0.39 is 61.1 Å². The van der Waals surface area contributed by atoms with E-state index in [2.05, 4.69) is 4.98 Å². The highest BCUT2D eigenvalue weighted by Gasteiger charge is 2.57. The van der Waals surface area contributed by atoms with Crippen LogP contribution in [0.25, 0.3) is 0 Å². The molecule has 4 rings (SSSR count). The molecular weight excluding hydrogens is 490 g/mol. The third-order valence-electron chi connectivity index (χ3n) is 4.43. The van der Waals surface area contributed by atoms with Gasteiger partial charge in [-0.05, 0) is 30.4 Å². The van der Waals surface area contributed by atoms with Gasteiger partial charge in [-0.15, -0.1) is 6.42 Å². The number of aromatic amines is 1. The molecule has 1 aromatic carbocycles. The topological polar surface area (TPSA) is 132 Å². The Hall–Kier alpha value is -2.07. The number of phosphoric ester groups is 1. The smallest absolute Gasteiger partial charge is 0.404 e. The number of alkyl halides is 1. The summed E-state index contributed by atoms with van der Waals surface area (Å²) in [7, 11) is -4.86. The maximum Gasteiger partial charge on any atom is 0.530 e. The normalized spacial score (nSPS) is 35.7. The summed E-state index contributed by atoms with van der Waals surface area (Å²) in [6, 6.07) is 4.12. The summed E-state index contributed by atoms with van der Waals surface area (Å²) in [5, 5.41) is 21.2. The van der Waals surface area contributed by atoms with Gasteiger partial charge in [-0.2, -0.15) is 0 Å². The molecule has 10 nitrogen and oxygen atoms in total. The number of H-pyrrole nitrogens is 1. The van der Waals surface area contributed by atoms with Crippen molar-refractivity contribution in [2.45, 2.75) is 30.9 Å². The van der Waals surface area contributed by atoms with E-state index in [-0.39, 0.29) is 5.75 Å². The standard InChI is InChI=1S/C18H15ClFN2O8PS/c1-2-9-6-22(17(32)21-15(9)25)16-13(23)14(24)18(20,29-16)8-28-31(26)27-7-10-5-11(19)3-4-12(10)30-31/h1,3-6,13-14,16,23-24H,7-8H2,(H,21,25,32)/t13-,14+,16-,18-,31?/m1/s1/i8D2,16D. The van der Waals surface area contributed by atoms with Gasteiger partial charge in [0.1, 0.15) is 30.1 Å². The van der Waals surface area contributed by atoms with Gasteiger partial charge >= 0.3 is 7.82 Å². The van der Waals surface area contributed by atoms with Crippen LogP contribution < -0.4 is 10.1 Å². The number of aromatic nitrogens is 2. The van der Waals surface area contributed by atoms with Gasteiger partial charge in [-0.25, -0.2) is 8.96 Å². The SMILES string of the molecule is [2H]C([2H])(OP1(=O)OCc2cc(Cl)ccc2O1)[C@@]1(F)O[C@@]([2H])(n2cc(C#C)c(=O)[nH]c2=S)[C@H](O)[C@@H]1O. The van der Waals surface area contributed by atoms with E-state index in [0.717, 1.165) is 6.20 Å². The number of halogens is 2. The lowest BCUT2D eigenvalue weighted by atomic mass is 10.1. The molecule has 32 heavy (non-hydrogen) atoms. The van der Waals surface area contributed by atoms with E-state index >= 15 is 4.39 Å². The second kappa shape index (κ2) is 8.37. The number of aliphatic hydroxyl groups is 2. The summed E-state index contributed by atoms with van der Waals surface area (Å²) in [4.78, 5) is 13.9. The van der Waals surface area contributed by atoms with Crippen molar-refractivity contribution in [3.63, 3.8) is 0 Å². The molecule has 0 spiro atoms. The largest absolute Gasteiger partial charge is 0.530 e. The minimum atomic E-state index is -4.86. The molecule has 170 valence electrons. The molecule has 2 aromatic rings. The Balaban J connectivity index is 1.69. The molecule has 14 heteroatoms. The predicted molar refractivity (Wildman–Crippen MR) is 110 cm³/mol. The highest BCUT2D eigenvalue weighted by molar-refractivity contribution is 7.71. The van der Waals surface area contributed by atoms with Crippen LogP contribution in [0.15, 0.2) is 29.2 Å². The molecule has 0 aliphatic carbocycles. The molecule has 0 radical (unpaired) electrons. The van der Waals surface area contributed by atoms with Gasteiger partial charge in [0.05, 0.1) is 10.7 Å². The average molecular weight is 508 g/mol. The number of hydrogen-bond acceptors (Lipinski definition) is 9. The molecule has 2 aliphatic heterocycles. The van der Waals surface area contributed by atoms with Crippen molar-refractivity contribution >= 4 is 31.6 Å². The van der Waals surface area contributed by atoms with Crippen LogP contribution in [0.4, 0.5) is 4.39 Å². The molecular formula is C18H15ClFN2O8PS. The molecule has 1 aromatic heterocycles. The van der Waals surface area contributed by atoms with Crippen molar-refractivity contribution in [2.75, 3.05) is 6.56 Å². The van der Waals surface area contributed by atoms with Crippen LogP contribution in [0, 0.1) is 17.1 Å². The van der Waals surface area contributed by atoms with Crippen molar-refractivity contribution in [1.29, 1.82) is 0 Å². The van der Waals surface area contributed by atoms with Crippen LogP contribution in [0.5, 0.6) is 5.75 Å². The number of benzene rings is 1. The number of aliphatic hydroxyl groups excluding tert-OH is 2. The Kier molecular flexibility index (Phi) is 5.07. The van der Waals surface area contributed by atoms with E-state index in [4.69, 9.17) is 52.7 Å². The molecule has 1 fully saturated rings. The molecule has 3 heterocycles. The summed E-state index contributed by atoms with van der Waals surface area (Å²) >= 11 is 10.8. The third-order valence-corrected chi connectivity index (χ3v) is 6.14. The van der Waals surface area contributed by atoms with Crippen LogP contribution in [0.2, 0.25) is 5.02 Å². The molecule has 1 saturated heterocycles. The Morgan fingerprint density at radius 3 is 3.06 bits per heavy atom. The molecule has 3 N–H and O–H groups in total. The fourth-order valence-corrected chi connectivity index (χ4v) is 4.36. The summed E-state index contributed by atoms with van der Waals surface area (Å²) in [6.07, 6.45) is -2.36. The number of phosphoric acid groups is 1. The molecule has 2 aliphatic rings. The van der Waals surface area contributed by atoms with E-state index in [1.807, 2.05) is 5.92 Å². The van der Waals surface area contributed by atoms with Crippen LogP contribution in [-0.2, 0) is 25.0 Å². The Bertz CT molecular complexity index is 1420. The zero-order valence-electron chi connectivity index (χ0n) is 18.7. The van der Waals surface area contributed by atoms with Gasteiger partial charge in [0.25, 0.3) is 11.4 Å². The van der Waals surface area contributed by atoms with E-state index in [1.165, 1.54) is 18.2 Å². The number of rotatable bonds is 4. The summed E-state index contributed by atoms with van der Waals surface area (Å²) < 4.78 is 73.0. The summed E-state index contributed by atoms with van der Waals surface area (Å²) in [6.45, 7) is -4.24. The van der Waals surface area contributed by atoms with E-state index in [9.17, 15) is 19.6 Å². The average Bonchev–Trinajstić information content (AvgIpc) is 2.95. The maximum absolute atomic E-state index is 15.9. The fraction of sp³-hybridized carbons (Fsp3) is 0.333. The van der Waals surface area contributed by atoms with Crippen LogP contribution >= 0.6 is 31.6 Å². The molecule has 0 amide bonds. The van der Waals surface area contributed by atoms with Crippen molar-refractivity contribution < 1.29 is 41.6 Å². The van der Waals surface area contributed by atoms with Crippen LogP contribution in [0.3, 0.4) is 0 Å². The van der Waals surface area contributed by atoms with Crippen molar-refractivity contribution in [1.82, 2.24) is 9.55 Å². The van der Waals surface area contributed by atoms with E-state index in [1.54, 1.807) is 0 Å². The molecule has 0 bridgehead atoms. The van der Waals surface area contributed by atoms with Gasteiger partial charge < -0.3 is 19.5 Å². The highest BCUT2D eigenvalue weighted by Crippen LogP contribution is 2.56. The summed E-state index contributed by atoms with van der Waals surface area (Å²) in [5.74, 6) is -2.09. The number of hydrogen-bond donors (Lipinski definition) is 3. The minimum Gasteiger partial charge on any atom is -0.404 e. The van der Waals surface area contributed by atoms with Crippen LogP contribution in [-0.4, -0.2) is 44.4 Å². The molecule has 5 atom stereocenters. The number of fused-ring (bicyclic) bond motifs is 1. The number of nitrogens with one attached hydrogen (secondary N) is 1. The third kappa shape index (κ3) is 4.14. The maximum atomic E-state index is 15.9. The lowest BCUT2D eigenvalue weighted by molar-refractivity contribution is -0.205. The number of terminal acetylenes is 1. The first-order valence-corrected chi connectivity index (χ1v) is 10.9. The fourth-order valence-electron chi connectivity index (χ4n) is 2.83. The first-order valence-electron chi connectivity index (χ1n) is 10.2. The molecule has 0 saturated carbocycles. The quantitative estimate of drug-likeness (QED) is 0.323. The van der Waals surface area contributed by atoms with Gasteiger partial charge in [-0.1, -0.05) is 17.5 Å². The zero-order valence-corrected chi connectivity index (χ0v) is 18.1. The highest BCUT2D eigenvalue weighted by atomic mass is 35.5. The van der Waals surface area contributed by atoms with Gasteiger partial charge in [0.15, 0.2) is 11.0 Å². The van der Waals surface area contributed by atoms with Crippen molar-refractivity contribution in [2.24, 2.45) is 0 Å². The molecule has 1 unspecified atom stereocenters. The van der Waals surface area contributed by atoms with E-state index in [0.29, 0.717) is 15.2 Å². The predicted octanol–water partition coefficient (Wildman–Crippen LogP) is 2.19. The van der Waals surface area contributed by atoms with Gasteiger partial charge in [0.2, 0.25) is 0 Å².